The zero-order chi connectivity index (χ0) is 17.7. The predicted molar refractivity (Wildman–Crippen MR) is 73.7 cm³/mol. The van der Waals surface area contributed by atoms with Gasteiger partial charge in [0.25, 0.3) is 0 Å². The van der Waals surface area contributed by atoms with E-state index < -0.39 is 67.4 Å². The molecular formula is C12H21N3O8. The van der Waals surface area contributed by atoms with Gasteiger partial charge in [-0.3, -0.25) is 14.4 Å². The minimum atomic E-state index is -1.51. The van der Waals surface area contributed by atoms with Gasteiger partial charge in [0, 0.05) is 6.92 Å². The second kappa shape index (κ2) is 8.17. The highest BCUT2D eigenvalue weighted by atomic mass is 16.5. The lowest BCUT2D eigenvalue weighted by Gasteiger charge is -2.42. The average molecular weight is 335 g/mol. The molecule has 132 valence electrons. The van der Waals surface area contributed by atoms with Crippen LogP contribution in [-0.4, -0.2) is 81.4 Å². The Bertz CT molecular complexity index is 460. The topological polar surface area (TPSA) is 191 Å². The van der Waals surface area contributed by atoms with E-state index in [0.717, 1.165) is 6.92 Å². The zero-order valence-corrected chi connectivity index (χ0v) is 12.4. The number of hydrogen-bond donors (Lipinski definition) is 7. The first-order valence-corrected chi connectivity index (χ1v) is 6.84. The maximum absolute atomic E-state index is 11.8. The van der Waals surface area contributed by atoms with Crippen molar-refractivity contribution in [3.63, 3.8) is 0 Å². The fraction of sp³-hybridized carbons (Fsp3) is 0.750. The maximum Gasteiger partial charge on any atom is 0.321 e. The van der Waals surface area contributed by atoms with Crippen LogP contribution in [0.15, 0.2) is 0 Å². The molecule has 1 rings (SSSR count). The lowest BCUT2D eigenvalue weighted by atomic mass is 9.95. The quantitative estimate of drug-likeness (QED) is 0.252. The minimum absolute atomic E-state index is 0.547. The summed E-state index contributed by atoms with van der Waals surface area (Å²) < 4.78 is 5.25. The molecule has 6 atom stereocenters. The molecule has 3 unspecified atom stereocenters. The molecular weight excluding hydrogens is 314 g/mol. The van der Waals surface area contributed by atoms with Gasteiger partial charge >= 0.3 is 5.97 Å². The van der Waals surface area contributed by atoms with E-state index in [1.807, 2.05) is 0 Å². The van der Waals surface area contributed by atoms with Gasteiger partial charge in [-0.05, 0) is 0 Å². The average Bonchev–Trinajstić information content (AvgIpc) is 2.46. The number of nitrogens with two attached hydrogens (primary N) is 1. The van der Waals surface area contributed by atoms with Crippen molar-refractivity contribution in [2.75, 3.05) is 6.61 Å². The molecule has 0 aliphatic carbocycles. The van der Waals surface area contributed by atoms with Crippen molar-refractivity contribution in [2.24, 2.45) is 5.73 Å². The molecule has 0 aromatic carbocycles. The Morgan fingerprint density at radius 3 is 2.30 bits per heavy atom. The number of aliphatic hydroxyl groups excluding tert-OH is 3. The third-order valence-electron chi connectivity index (χ3n) is 3.32. The standard InChI is InChI=1S/C12H21N3O8/c1-4(17)14-8-10(20)9(19)6(3-16)23-11(8)15-7(18)2-5(13)12(21)22/h5-6,8-11,16,19-20H,2-3,13H2,1H3,(H,14,17)(H,15,18)(H,21,22)/t5-,6?,8?,9-,10?,11-/m0/s1. The van der Waals surface area contributed by atoms with Crippen LogP contribution >= 0.6 is 0 Å². The van der Waals surface area contributed by atoms with E-state index in [-0.39, 0.29) is 0 Å². The number of carboxylic acid groups (broad SMARTS) is 1. The molecule has 0 bridgehead atoms. The predicted octanol–water partition coefficient (Wildman–Crippen LogP) is -4.15. The van der Waals surface area contributed by atoms with Gasteiger partial charge in [-0.2, -0.15) is 0 Å². The number of carboxylic acids is 1. The van der Waals surface area contributed by atoms with Crippen molar-refractivity contribution in [3.8, 4) is 0 Å². The van der Waals surface area contributed by atoms with E-state index in [1.54, 1.807) is 0 Å². The van der Waals surface area contributed by atoms with Crippen LogP contribution in [0.3, 0.4) is 0 Å². The number of nitrogens with one attached hydrogen (secondary N) is 2. The molecule has 11 nitrogen and oxygen atoms in total. The molecule has 1 heterocycles. The van der Waals surface area contributed by atoms with Crippen LogP contribution in [0.5, 0.6) is 0 Å². The molecule has 1 saturated heterocycles. The summed E-state index contributed by atoms with van der Waals surface area (Å²) in [7, 11) is 0. The van der Waals surface area contributed by atoms with E-state index in [0.29, 0.717) is 0 Å². The Hall–Kier alpha value is -1.79. The van der Waals surface area contributed by atoms with E-state index >= 15 is 0 Å². The van der Waals surface area contributed by atoms with Crippen LogP contribution in [0, 0.1) is 0 Å². The van der Waals surface area contributed by atoms with Crippen LogP contribution in [0.2, 0.25) is 0 Å². The summed E-state index contributed by atoms with van der Waals surface area (Å²) in [5.74, 6) is -2.71. The van der Waals surface area contributed by atoms with Gasteiger partial charge < -0.3 is 41.5 Å². The van der Waals surface area contributed by atoms with Crippen LogP contribution in [0.4, 0.5) is 0 Å². The highest BCUT2D eigenvalue weighted by Gasteiger charge is 2.45. The minimum Gasteiger partial charge on any atom is -0.480 e. The number of rotatable bonds is 6. The first kappa shape index (κ1) is 19.3. The van der Waals surface area contributed by atoms with Crippen molar-refractivity contribution in [1.29, 1.82) is 0 Å². The Morgan fingerprint density at radius 1 is 1.22 bits per heavy atom. The van der Waals surface area contributed by atoms with E-state index in [4.69, 9.17) is 20.7 Å². The van der Waals surface area contributed by atoms with Crippen molar-refractivity contribution in [3.05, 3.63) is 0 Å². The highest BCUT2D eigenvalue weighted by Crippen LogP contribution is 2.20. The molecule has 0 radical (unpaired) electrons. The summed E-state index contributed by atoms with van der Waals surface area (Å²) in [6.07, 6.45) is -6.00. The number of aliphatic carboxylic acids is 1. The van der Waals surface area contributed by atoms with Gasteiger partial charge in [-0.25, -0.2) is 0 Å². The first-order valence-electron chi connectivity index (χ1n) is 6.84. The molecule has 8 N–H and O–H groups in total. The number of amides is 2. The molecule has 23 heavy (non-hydrogen) atoms. The lowest BCUT2D eigenvalue weighted by Crippen LogP contribution is -2.68. The fourth-order valence-electron chi connectivity index (χ4n) is 2.14. The second-order valence-corrected chi connectivity index (χ2v) is 5.20. The molecule has 1 aliphatic heterocycles. The van der Waals surface area contributed by atoms with Crippen molar-refractivity contribution in [2.45, 2.75) is 50.0 Å². The summed E-state index contributed by atoms with van der Waals surface area (Å²) in [5.41, 5.74) is 5.24. The van der Waals surface area contributed by atoms with Crippen LogP contribution in [0.1, 0.15) is 13.3 Å². The SMILES string of the molecule is CC(=O)NC1C(O)[C@@H](O)C(CO)O[C@@H]1NC(=O)C[C@H](N)C(=O)O. The largest absolute Gasteiger partial charge is 0.480 e. The summed E-state index contributed by atoms with van der Waals surface area (Å²) >= 11 is 0. The molecule has 1 aliphatic rings. The summed E-state index contributed by atoms with van der Waals surface area (Å²) in [6, 6.07) is -2.61. The normalized spacial score (nSPS) is 32.0. The third kappa shape index (κ3) is 5.11. The summed E-state index contributed by atoms with van der Waals surface area (Å²) in [6.45, 7) is 0.530. The first-order chi connectivity index (χ1) is 10.7. The molecule has 2 amide bonds. The molecule has 1 fully saturated rings. The maximum atomic E-state index is 11.8. The summed E-state index contributed by atoms with van der Waals surface area (Å²) in [5, 5.41) is 42.2. The van der Waals surface area contributed by atoms with Crippen LogP contribution in [-0.2, 0) is 19.1 Å². The number of ether oxygens (including phenoxy) is 1. The Labute approximate surface area is 131 Å². The molecule has 0 aromatic rings. The second-order valence-electron chi connectivity index (χ2n) is 5.20. The van der Waals surface area contributed by atoms with E-state index in [2.05, 4.69) is 10.6 Å². The van der Waals surface area contributed by atoms with Crippen LogP contribution in [0.25, 0.3) is 0 Å². The smallest absolute Gasteiger partial charge is 0.321 e. The molecule has 0 aromatic heterocycles. The van der Waals surface area contributed by atoms with Crippen molar-refractivity contribution < 1.29 is 39.5 Å². The van der Waals surface area contributed by atoms with Gasteiger partial charge in [-0.15, -0.1) is 0 Å². The van der Waals surface area contributed by atoms with Gasteiger partial charge in [0.05, 0.1) is 13.0 Å². The summed E-state index contributed by atoms with van der Waals surface area (Å²) in [4.78, 5) is 33.6. The Kier molecular flexibility index (Phi) is 6.84. The number of carbonyl (C=O) groups excluding carboxylic acids is 2. The van der Waals surface area contributed by atoms with Crippen molar-refractivity contribution >= 4 is 17.8 Å². The van der Waals surface area contributed by atoms with Gasteiger partial charge in [0.1, 0.15) is 30.4 Å². The molecule has 0 saturated carbocycles. The van der Waals surface area contributed by atoms with E-state index in [9.17, 15) is 24.6 Å². The Balaban J connectivity index is 2.82. The van der Waals surface area contributed by atoms with Gasteiger partial charge in [0.15, 0.2) is 6.23 Å². The lowest BCUT2D eigenvalue weighted by molar-refractivity contribution is -0.203. The zero-order valence-electron chi connectivity index (χ0n) is 12.4. The number of aliphatic hydroxyl groups is 3. The molecule has 0 spiro atoms. The Morgan fingerprint density at radius 2 is 1.83 bits per heavy atom. The van der Waals surface area contributed by atoms with Gasteiger partial charge in [-0.1, -0.05) is 0 Å². The number of carbonyl (C=O) groups is 3. The highest BCUT2D eigenvalue weighted by molar-refractivity contribution is 5.84. The van der Waals surface area contributed by atoms with Gasteiger partial charge in [0.2, 0.25) is 11.8 Å². The number of hydrogen-bond acceptors (Lipinski definition) is 8. The fourth-order valence-corrected chi connectivity index (χ4v) is 2.14. The monoisotopic (exact) mass is 335 g/mol. The van der Waals surface area contributed by atoms with E-state index in [1.165, 1.54) is 0 Å². The molecule has 11 heteroatoms. The third-order valence-corrected chi connectivity index (χ3v) is 3.32. The van der Waals surface area contributed by atoms with Crippen molar-refractivity contribution in [1.82, 2.24) is 10.6 Å². The van der Waals surface area contributed by atoms with Crippen LogP contribution < -0.4 is 16.4 Å².